The number of anilines is 1. The van der Waals surface area contributed by atoms with Gasteiger partial charge in [-0.15, -0.1) is 0 Å². The van der Waals surface area contributed by atoms with Crippen molar-refractivity contribution in [3.8, 4) is 0 Å². The van der Waals surface area contributed by atoms with Crippen LogP contribution < -0.4 is 11.4 Å². The lowest BCUT2D eigenvalue weighted by Crippen LogP contribution is -2.37. The molecule has 6 nitrogen and oxygen atoms in total. The van der Waals surface area contributed by atoms with Gasteiger partial charge in [-0.25, -0.2) is 9.18 Å². The molecule has 8 heteroatoms. The smallest absolute Gasteiger partial charge is 0.351 e. The number of alkyl halides is 1. The van der Waals surface area contributed by atoms with Crippen LogP contribution in [0.5, 0.6) is 0 Å². The SMILES string of the molecule is CC(O[C@](F)(CO)CCCS)n1ccc(N)nc1=O. The van der Waals surface area contributed by atoms with Crippen molar-refractivity contribution in [1.29, 1.82) is 0 Å². The van der Waals surface area contributed by atoms with E-state index in [-0.39, 0.29) is 12.2 Å². The summed E-state index contributed by atoms with van der Waals surface area (Å²) >= 11 is 3.98. The first-order valence-corrected chi connectivity index (χ1v) is 6.48. The Morgan fingerprint density at radius 3 is 2.95 bits per heavy atom. The number of hydrogen-bond donors (Lipinski definition) is 3. The van der Waals surface area contributed by atoms with E-state index in [4.69, 9.17) is 15.6 Å². The molecule has 0 spiro atoms. The summed E-state index contributed by atoms with van der Waals surface area (Å²) in [6.45, 7) is 0.701. The second-order valence-corrected chi connectivity index (χ2v) is 4.57. The summed E-state index contributed by atoms with van der Waals surface area (Å²) in [6.07, 6.45) is 0.903. The highest BCUT2D eigenvalue weighted by Crippen LogP contribution is 2.25. The molecular formula is C11H18FN3O3S. The van der Waals surface area contributed by atoms with Crippen LogP contribution in [0.25, 0.3) is 0 Å². The van der Waals surface area contributed by atoms with Gasteiger partial charge in [0.05, 0.1) is 0 Å². The van der Waals surface area contributed by atoms with E-state index in [2.05, 4.69) is 17.6 Å². The number of aromatic nitrogens is 2. The average Bonchev–Trinajstić information content (AvgIpc) is 2.36. The molecule has 2 atom stereocenters. The molecule has 0 fully saturated rings. The number of thiol groups is 1. The van der Waals surface area contributed by atoms with E-state index in [9.17, 15) is 9.18 Å². The maximum absolute atomic E-state index is 14.2. The van der Waals surface area contributed by atoms with Gasteiger partial charge in [-0.3, -0.25) is 4.57 Å². The van der Waals surface area contributed by atoms with E-state index in [0.29, 0.717) is 12.2 Å². The average molecular weight is 291 g/mol. The van der Waals surface area contributed by atoms with Crippen molar-refractivity contribution in [3.63, 3.8) is 0 Å². The second kappa shape index (κ2) is 6.88. The van der Waals surface area contributed by atoms with Crippen LogP contribution in [-0.4, -0.2) is 32.9 Å². The molecule has 0 aliphatic carbocycles. The lowest BCUT2D eigenvalue weighted by molar-refractivity contribution is -0.219. The van der Waals surface area contributed by atoms with Gasteiger partial charge in [-0.05, 0) is 25.2 Å². The molecule has 0 aromatic carbocycles. The summed E-state index contributed by atoms with van der Waals surface area (Å²) in [5, 5.41) is 9.07. The first-order chi connectivity index (χ1) is 8.91. The zero-order valence-electron chi connectivity index (χ0n) is 10.6. The molecule has 0 amide bonds. The predicted molar refractivity (Wildman–Crippen MR) is 72.7 cm³/mol. The van der Waals surface area contributed by atoms with Gasteiger partial charge >= 0.3 is 5.69 Å². The number of rotatable bonds is 7. The van der Waals surface area contributed by atoms with Gasteiger partial charge in [0, 0.05) is 12.6 Å². The quantitative estimate of drug-likeness (QED) is 0.644. The lowest BCUT2D eigenvalue weighted by Gasteiger charge is -2.27. The third-order valence-corrected chi connectivity index (χ3v) is 2.89. The highest BCUT2D eigenvalue weighted by Gasteiger charge is 2.32. The standard InChI is InChI=1S/C11H18FN3O3S/c1-8(15-5-3-9(13)14-10(15)17)18-11(12,7-16)4-2-6-19/h3,5,8,16,19H,2,4,6-7H2,1H3,(H2,13,14,17)/t8?,11-/m0/s1. The largest absolute Gasteiger partial charge is 0.390 e. The molecule has 1 heterocycles. The molecule has 1 aromatic heterocycles. The van der Waals surface area contributed by atoms with Gasteiger partial charge in [-0.1, -0.05) is 0 Å². The molecular weight excluding hydrogens is 273 g/mol. The van der Waals surface area contributed by atoms with Crippen molar-refractivity contribution in [3.05, 3.63) is 22.7 Å². The molecule has 108 valence electrons. The topological polar surface area (TPSA) is 90.4 Å². The molecule has 3 N–H and O–H groups in total. The molecule has 0 aliphatic heterocycles. The number of ether oxygens (including phenoxy) is 1. The van der Waals surface area contributed by atoms with Crippen LogP contribution in [-0.2, 0) is 4.74 Å². The predicted octanol–water partition coefficient (Wildman–Crippen LogP) is 0.729. The van der Waals surface area contributed by atoms with E-state index in [0.717, 1.165) is 4.57 Å². The van der Waals surface area contributed by atoms with Crippen molar-refractivity contribution in [2.75, 3.05) is 18.1 Å². The molecule has 1 rings (SSSR count). The van der Waals surface area contributed by atoms with E-state index >= 15 is 0 Å². The van der Waals surface area contributed by atoms with Gasteiger partial charge < -0.3 is 15.6 Å². The van der Waals surface area contributed by atoms with Crippen molar-refractivity contribution < 1.29 is 14.2 Å². The van der Waals surface area contributed by atoms with Crippen LogP contribution in [0.15, 0.2) is 17.1 Å². The minimum absolute atomic E-state index is 0.00546. The summed E-state index contributed by atoms with van der Waals surface area (Å²) in [5.41, 5.74) is 4.72. The van der Waals surface area contributed by atoms with Gasteiger partial charge in [0.2, 0.25) is 5.85 Å². The normalized spacial score (nSPS) is 16.0. The zero-order chi connectivity index (χ0) is 14.5. The summed E-state index contributed by atoms with van der Waals surface area (Å²) in [6, 6.07) is 1.41. The molecule has 1 aromatic rings. The number of hydrogen-bond acceptors (Lipinski definition) is 6. The Labute approximate surface area is 115 Å². The molecule has 0 aliphatic rings. The van der Waals surface area contributed by atoms with Gasteiger partial charge in [0.1, 0.15) is 18.7 Å². The Morgan fingerprint density at radius 1 is 1.74 bits per heavy atom. The van der Waals surface area contributed by atoms with E-state index in [1.54, 1.807) is 0 Å². The third-order valence-electron chi connectivity index (χ3n) is 2.57. The van der Waals surface area contributed by atoms with Crippen molar-refractivity contribution in [1.82, 2.24) is 9.55 Å². The molecule has 0 radical (unpaired) electrons. The van der Waals surface area contributed by atoms with Crippen LogP contribution in [0.3, 0.4) is 0 Å². The summed E-state index contributed by atoms with van der Waals surface area (Å²) in [4.78, 5) is 15.1. The lowest BCUT2D eigenvalue weighted by atomic mass is 10.2. The molecule has 1 unspecified atom stereocenters. The van der Waals surface area contributed by atoms with E-state index < -0.39 is 24.4 Å². The molecule has 0 bridgehead atoms. The van der Waals surface area contributed by atoms with Crippen LogP contribution in [0.2, 0.25) is 0 Å². The number of aliphatic hydroxyl groups excluding tert-OH is 1. The Bertz CT molecular complexity index is 471. The zero-order valence-corrected chi connectivity index (χ0v) is 11.5. The van der Waals surface area contributed by atoms with Gasteiger partial charge in [0.25, 0.3) is 0 Å². The fourth-order valence-electron chi connectivity index (χ4n) is 1.58. The van der Waals surface area contributed by atoms with E-state index in [1.807, 2.05) is 0 Å². The maximum atomic E-state index is 14.2. The first-order valence-electron chi connectivity index (χ1n) is 5.85. The van der Waals surface area contributed by atoms with Crippen LogP contribution in [0.1, 0.15) is 26.0 Å². The Morgan fingerprint density at radius 2 is 2.42 bits per heavy atom. The Balaban J connectivity index is 2.82. The number of halogens is 1. The minimum atomic E-state index is -2.21. The molecule has 0 saturated heterocycles. The van der Waals surface area contributed by atoms with E-state index in [1.165, 1.54) is 19.2 Å². The summed E-state index contributed by atoms with van der Waals surface area (Å²) in [7, 11) is 0. The highest BCUT2D eigenvalue weighted by molar-refractivity contribution is 7.80. The molecule has 19 heavy (non-hydrogen) atoms. The monoisotopic (exact) mass is 291 g/mol. The van der Waals surface area contributed by atoms with Crippen molar-refractivity contribution in [2.24, 2.45) is 0 Å². The van der Waals surface area contributed by atoms with Gasteiger partial charge in [-0.2, -0.15) is 17.6 Å². The van der Waals surface area contributed by atoms with Crippen LogP contribution in [0.4, 0.5) is 10.2 Å². The molecule has 0 saturated carbocycles. The van der Waals surface area contributed by atoms with Crippen molar-refractivity contribution in [2.45, 2.75) is 31.8 Å². The summed E-state index contributed by atoms with van der Waals surface area (Å²) < 4.78 is 20.4. The first kappa shape index (κ1) is 15.9. The second-order valence-electron chi connectivity index (χ2n) is 4.13. The van der Waals surface area contributed by atoms with Crippen molar-refractivity contribution >= 4 is 18.4 Å². The highest BCUT2D eigenvalue weighted by atomic mass is 32.1. The van der Waals surface area contributed by atoms with Crippen LogP contribution >= 0.6 is 12.6 Å². The summed E-state index contributed by atoms with van der Waals surface area (Å²) in [5.74, 6) is -1.65. The number of nitrogen functional groups attached to an aromatic ring is 1. The maximum Gasteiger partial charge on any atom is 0.351 e. The van der Waals surface area contributed by atoms with Gasteiger partial charge in [0.15, 0.2) is 0 Å². The Kier molecular flexibility index (Phi) is 5.77. The third kappa shape index (κ3) is 4.48. The Hall–Kier alpha value is -1.12. The number of nitrogens with zero attached hydrogens (tertiary/aromatic N) is 2. The number of aliphatic hydroxyl groups is 1. The number of nitrogens with two attached hydrogens (primary N) is 1. The fraction of sp³-hybridized carbons (Fsp3) is 0.636. The van der Waals surface area contributed by atoms with Crippen LogP contribution in [0, 0.1) is 0 Å². The fourth-order valence-corrected chi connectivity index (χ4v) is 1.74. The minimum Gasteiger partial charge on any atom is -0.390 e.